The molecule has 39 heavy (non-hydrogen) atoms. The number of aromatic nitrogens is 2. The molecule has 192 valence electrons. The van der Waals surface area contributed by atoms with Crippen molar-refractivity contribution >= 4 is 23.1 Å². The fourth-order valence-electron chi connectivity index (χ4n) is 6.31. The minimum Gasteiger partial charge on any atom is -0.478 e. The van der Waals surface area contributed by atoms with Crippen LogP contribution in [0.3, 0.4) is 0 Å². The number of aromatic carboxylic acids is 1. The highest BCUT2D eigenvalue weighted by atomic mass is 16.4. The SMILES string of the molecule is Cc1cc(-c2nc3ccccc3n2C)cc2c1C=C(C1CC1)C2Cc1ccc(-c2ccccc2C(=O)O)cc1. The number of carboxylic acids is 1. The van der Waals surface area contributed by atoms with Crippen molar-refractivity contribution < 1.29 is 9.90 Å². The van der Waals surface area contributed by atoms with Gasteiger partial charge in [-0.25, -0.2) is 9.78 Å². The number of hydrogen-bond acceptors (Lipinski definition) is 2. The van der Waals surface area contributed by atoms with Crippen LogP contribution < -0.4 is 0 Å². The molecule has 2 aliphatic carbocycles. The third-order valence-electron chi connectivity index (χ3n) is 8.46. The van der Waals surface area contributed by atoms with E-state index in [1.165, 1.54) is 40.7 Å². The predicted molar refractivity (Wildman–Crippen MR) is 157 cm³/mol. The van der Waals surface area contributed by atoms with Crippen molar-refractivity contribution in [2.75, 3.05) is 0 Å². The van der Waals surface area contributed by atoms with Crippen LogP contribution in [0.5, 0.6) is 0 Å². The first-order valence-corrected chi connectivity index (χ1v) is 13.7. The van der Waals surface area contributed by atoms with Crippen LogP contribution in [0, 0.1) is 12.8 Å². The predicted octanol–water partition coefficient (Wildman–Crippen LogP) is 8.05. The number of carboxylic acid groups (broad SMARTS) is 1. The number of fused-ring (bicyclic) bond motifs is 2. The van der Waals surface area contributed by atoms with E-state index in [4.69, 9.17) is 4.98 Å². The average molecular weight is 511 g/mol. The summed E-state index contributed by atoms with van der Waals surface area (Å²) in [6, 6.07) is 28.6. The molecule has 7 rings (SSSR count). The molecule has 4 heteroatoms. The van der Waals surface area contributed by atoms with Crippen molar-refractivity contribution in [1.82, 2.24) is 9.55 Å². The Morgan fingerprint density at radius 1 is 0.949 bits per heavy atom. The van der Waals surface area contributed by atoms with E-state index in [0.29, 0.717) is 17.4 Å². The first kappa shape index (κ1) is 23.7. The maximum absolute atomic E-state index is 11.7. The van der Waals surface area contributed by atoms with E-state index in [-0.39, 0.29) is 0 Å². The molecular weight excluding hydrogens is 480 g/mol. The molecule has 4 nitrogen and oxygen atoms in total. The van der Waals surface area contributed by atoms with Crippen LogP contribution in [0.1, 0.15) is 51.4 Å². The van der Waals surface area contributed by atoms with Crippen LogP contribution >= 0.6 is 0 Å². The van der Waals surface area contributed by atoms with Gasteiger partial charge in [0.05, 0.1) is 16.6 Å². The van der Waals surface area contributed by atoms with Crippen LogP contribution in [0.15, 0.2) is 90.5 Å². The van der Waals surface area contributed by atoms with Crippen molar-refractivity contribution in [1.29, 1.82) is 0 Å². The lowest BCUT2D eigenvalue weighted by Crippen LogP contribution is -2.06. The molecule has 1 aromatic heterocycles. The second-order valence-corrected chi connectivity index (χ2v) is 11.0. The summed E-state index contributed by atoms with van der Waals surface area (Å²) < 4.78 is 2.20. The lowest BCUT2D eigenvalue weighted by atomic mass is 9.85. The Kier molecular flexibility index (Phi) is 5.52. The van der Waals surface area contributed by atoms with E-state index in [2.05, 4.69) is 79.2 Å². The van der Waals surface area contributed by atoms with Gasteiger partial charge in [-0.05, 0) is 95.8 Å². The molecule has 4 aromatic carbocycles. The Morgan fingerprint density at radius 3 is 2.44 bits per heavy atom. The topological polar surface area (TPSA) is 55.1 Å². The highest BCUT2D eigenvalue weighted by molar-refractivity contribution is 5.96. The van der Waals surface area contributed by atoms with Gasteiger partial charge in [-0.3, -0.25) is 0 Å². The zero-order chi connectivity index (χ0) is 26.7. The number of allylic oxidation sites excluding steroid dienone is 1. The lowest BCUT2D eigenvalue weighted by Gasteiger charge is -2.19. The standard InChI is InChI=1S/C35H30N2O2/c1-21-17-25(34-36-32-9-5-6-10-33(32)37(34)2)19-31-28(21)20-29(24-15-16-24)30(31)18-22-11-13-23(14-12-22)26-7-3-4-8-27(26)35(38)39/h3-14,17,19-20,24,30H,15-16,18H2,1-2H3,(H,38,39). The quantitative estimate of drug-likeness (QED) is 0.251. The molecular formula is C35H30N2O2. The monoisotopic (exact) mass is 510 g/mol. The number of rotatable bonds is 6. The zero-order valence-electron chi connectivity index (χ0n) is 22.2. The minimum absolute atomic E-state index is 0.332. The molecule has 0 aliphatic heterocycles. The van der Waals surface area contributed by atoms with E-state index in [0.717, 1.165) is 34.4 Å². The summed E-state index contributed by atoms with van der Waals surface area (Å²) in [7, 11) is 2.10. The van der Waals surface area contributed by atoms with Gasteiger partial charge in [0.15, 0.2) is 0 Å². The van der Waals surface area contributed by atoms with E-state index in [9.17, 15) is 9.90 Å². The van der Waals surface area contributed by atoms with Gasteiger partial charge in [-0.15, -0.1) is 0 Å². The molecule has 1 N–H and O–H groups in total. The van der Waals surface area contributed by atoms with Gasteiger partial charge in [0.25, 0.3) is 0 Å². The van der Waals surface area contributed by atoms with Crippen molar-refractivity contribution in [3.8, 4) is 22.5 Å². The number of carbonyl (C=O) groups is 1. The molecule has 5 aromatic rings. The molecule has 1 fully saturated rings. The normalized spacial score (nSPS) is 16.4. The number of hydrogen-bond donors (Lipinski definition) is 1. The summed E-state index contributed by atoms with van der Waals surface area (Å²) in [4.78, 5) is 16.7. The van der Waals surface area contributed by atoms with Crippen LogP contribution in [0.4, 0.5) is 0 Å². The molecule has 0 saturated heterocycles. The second-order valence-electron chi connectivity index (χ2n) is 11.0. The first-order chi connectivity index (χ1) is 19.0. The Morgan fingerprint density at radius 2 is 1.69 bits per heavy atom. The van der Waals surface area contributed by atoms with Gasteiger partial charge >= 0.3 is 5.97 Å². The number of para-hydroxylation sites is 2. The van der Waals surface area contributed by atoms with Gasteiger partial charge in [0.2, 0.25) is 0 Å². The summed E-state index contributed by atoms with van der Waals surface area (Å²) in [6.45, 7) is 2.23. The Hall–Kier alpha value is -4.44. The zero-order valence-corrected chi connectivity index (χ0v) is 22.2. The van der Waals surface area contributed by atoms with E-state index in [1.54, 1.807) is 17.7 Å². The molecule has 0 spiro atoms. The van der Waals surface area contributed by atoms with Gasteiger partial charge in [-0.2, -0.15) is 0 Å². The summed E-state index contributed by atoms with van der Waals surface area (Å²) in [5.74, 6) is 1.13. The van der Waals surface area contributed by atoms with Crippen LogP contribution in [0.2, 0.25) is 0 Å². The highest BCUT2D eigenvalue weighted by Gasteiger charge is 2.36. The number of imidazole rings is 1. The molecule has 2 aliphatic rings. The van der Waals surface area contributed by atoms with Crippen molar-refractivity contribution in [2.24, 2.45) is 13.0 Å². The average Bonchev–Trinajstić information content (AvgIpc) is 3.66. The molecule has 1 unspecified atom stereocenters. The fourth-order valence-corrected chi connectivity index (χ4v) is 6.31. The number of benzene rings is 4. The van der Waals surface area contributed by atoms with Crippen molar-refractivity contribution in [3.05, 3.63) is 118 Å². The van der Waals surface area contributed by atoms with E-state index in [1.807, 2.05) is 18.2 Å². The van der Waals surface area contributed by atoms with Gasteiger partial charge in [0, 0.05) is 18.5 Å². The van der Waals surface area contributed by atoms with Crippen molar-refractivity contribution in [2.45, 2.75) is 32.1 Å². The summed E-state index contributed by atoms with van der Waals surface area (Å²) in [6.07, 6.45) is 5.95. The third kappa shape index (κ3) is 4.08. The molecule has 1 heterocycles. The Balaban J connectivity index is 1.25. The van der Waals surface area contributed by atoms with Crippen LogP contribution in [-0.2, 0) is 13.5 Å². The maximum atomic E-state index is 11.7. The van der Waals surface area contributed by atoms with Gasteiger partial charge in [0.1, 0.15) is 5.82 Å². The van der Waals surface area contributed by atoms with Gasteiger partial charge in [-0.1, -0.05) is 66.2 Å². The molecule has 0 amide bonds. The minimum atomic E-state index is -0.900. The van der Waals surface area contributed by atoms with E-state index < -0.39 is 5.97 Å². The smallest absolute Gasteiger partial charge is 0.336 e. The summed E-state index contributed by atoms with van der Waals surface area (Å²) in [5.41, 5.74) is 12.3. The number of aryl methyl sites for hydroxylation is 2. The van der Waals surface area contributed by atoms with Crippen LogP contribution in [-0.4, -0.2) is 20.6 Å². The number of nitrogens with zero attached hydrogens (tertiary/aromatic N) is 2. The highest BCUT2D eigenvalue weighted by Crippen LogP contribution is 2.51. The molecule has 0 radical (unpaired) electrons. The molecule has 1 atom stereocenters. The largest absolute Gasteiger partial charge is 0.478 e. The van der Waals surface area contributed by atoms with E-state index >= 15 is 0 Å². The van der Waals surface area contributed by atoms with Crippen molar-refractivity contribution in [3.63, 3.8) is 0 Å². The summed E-state index contributed by atoms with van der Waals surface area (Å²) in [5, 5.41) is 9.62. The van der Waals surface area contributed by atoms with Gasteiger partial charge < -0.3 is 9.67 Å². The molecule has 0 bridgehead atoms. The van der Waals surface area contributed by atoms with Crippen LogP contribution in [0.25, 0.3) is 39.6 Å². The Labute approximate surface area is 228 Å². The second kappa shape index (κ2) is 9.09. The fraction of sp³-hybridized carbons (Fsp3) is 0.200. The lowest BCUT2D eigenvalue weighted by molar-refractivity contribution is 0.0697. The summed E-state index contributed by atoms with van der Waals surface area (Å²) >= 11 is 0. The third-order valence-corrected chi connectivity index (χ3v) is 8.46. The Bertz CT molecular complexity index is 1790. The maximum Gasteiger partial charge on any atom is 0.336 e. The first-order valence-electron chi connectivity index (χ1n) is 13.7. The molecule has 1 saturated carbocycles.